The summed E-state index contributed by atoms with van der Waals surface area (Å²) in [5.74, 6) is 1.01. The Hall–Kier alpha value is -2.04. The molecule has 4 nitrogen and oxygen atoms in total. The van der Waals surface area contributed by atoms with Gasteiger partial charge in [-0.1, -0.05) is 42.0 Å². The van der Waals surface area contributed by atoms with E-state index < -0.39 is 0 Å². The largest absolute Gasteiger partial charge is 0.489 e. The molecule has 0 saturated carbocycles. The fourth-order valence-corrected chi connectivity index (χ4v) is 4.56. The highest BCUT2D eigenvalue weighted by Gasteiger charge is 2.36. The molecule has 29 heavy (non-hydrogen) atoms. The Bertz CT molecular complexity index is 829. The van der Waals surface area contributed by atoms with E-state index in [2.05, 4.69) is 30.4 Å². The molecule has 2 fully saturated rings. The molecule has 2 saturated heterocycles. The van der Waals surface area contributed by atoms with Gasteiger partial charge in [0.1, 0.15) is 12.4 Å². The quantitative estimate of drug-likeness (QED) is 0.767. The van der Waals surface area contributed by atoms with Crippen molar-refractivity contribution < 1.29 is 9.53 Å². The van der Waals surface area contributed by atoms with Crippen molar-refractivity contribution in [2.75, 3.05) is 7.05 Å². The minimum Gasteiger partial charge on any atom is -0.489 e. The lowest BCUT2D eigenvalue weighted by molar-refractivity contribution is -0.131. The fourth-order valence-electron chi connectivity index (χ4n) is 4.56. The van der Waals surface area contributed by atoms with Gasteiger partial charge in [0.25, 0.3) is 0 Å². The number of hydrogen-bond donors (Lipinski definition) is 1. The number of amides is 1. The van der Waals surface area contributed by atoms with Crippen molar-refractivity contribution in [3.63, 3.8) is 0 Å². The third-order valence-corrected chi connectivity index (χ3v) is 6.13. The van der Waals surface area contributed by atoms with E-state index >= 15 is 0 Å². The van der Waals surface area contributed by atoms with E-state index in [9.17, 15) is 4.79 Å². The molecule has 2 bridgehead atoms. The number of fused-ring (bicyclic) bond motifs is 2. The predicted octanol–water partition coefficient (Wildman–Crippen LogP) is 4.28. The van der Waals surface area contributed by atoms with Gasteiger partial charge < -0.3 is 15.0 Å². The molecule has 0 spiro atoms. The zero-order valence-electron chi connectivity index (χ0n) is 17.3. The predicted molar refractivity (Wildman–Crippen MR) is 119 cm³/mol. The number of carbonyl (C=O) groups excluding carboxylic acids is 1. The summed E-state index contributed by atoms with van der Waals surface area (Å²) in [6, 6.07) is 17.8. The van der Waals surface area contributed by atoms with Crippen LogP contribution in [0.15, 0.2) is 48.5 Å². The molecule has 156 valence electrons. The summed E-state index contributed by atoms with van der Waals surface area (Å²) in [6.07, 6.45) is 5.10. The number of aryl methyl sites for hydroxylation is 1. The molecule has 0 radical (unpaired) electrons. The van der Waals surface area contributed by atoms with Crippen molar-refractivity contribution >= 4 is 18.3 Å². The summed E-state index contributed by atoms with van der Waals surface area (Å²) in [4.78, 5) is 14.8. The summed E-state index contributed by atoms with van der Waals surface area (Å²) in [7, 11) is 1.97. The first-order valence-corrected chi connectivity index (χ1v) is 10.4. The highest BCUT2D eigenvalue weighted by atomic mass is 35.5. The van der Waals surface area contributed by atoms with Gasteiger partial charge >= 0.3 is 0 Å². The fraction of sp³-hybridized carbons (Fsp3) is 0.458. The Morgan fingerprint density at radius 1 is 1.07 bits per heavy atom. The molecule has 2 aliphatic heterocycles. The van der Waals surface area contributed by atoms with Gasteiger partial charge in [0.2, 0.25) is 5.91 Å². The number of halogens is 1. The number of rotatable bonds is 6. The van der Waals surface area contributed by atoms with Crippen molar-refractivity contribution in [3.8, 4) is 5.75 Å². The van der Waals surface area contributed by atoms with E-state index in [1.165, 1.54) is 18.4 Å². The first kappa shape index (κ1) is 21.7. The second-order valence-electron chi connectivity index (χ2n) is 8.37. The van der Waals surface area contributed by atoms with Gasteiger partial charge in [-0.2, -0.15) is 0 Å². The lowest BCUT2D eigenvalue weighted by Crippen LogP contribution is -2.49. The molecule has 1 N–H and O–H groups in total. The topological polar surface area (TPSA) is 41.6 Å². The summed E-state index contributed by atoms with van der Waals surface area (Å²) >= 11 is 0. The van der Waals surface area contributed by atoms with Crippen molar-refractivity contribution in [1.29, 1.82) is 0 Å². The molecule has 2 unspecified atom stereocenters. The summed E-state index contributed by atoms with van der Waals surface area (Å²) in [5, 5.41) is 3.65. The van der Waals surface area contributed by atoms with Crippen molar-refractivity contribution in [1.82, 2.24) is 10.2 Å². The smallest absolute Gasteiger partial charge is 0.226 e. The van der Waals surface area contributed by atoms with Gasteiger partial charge in [-0.3, -0.25) is 4.79 Å². The van der Waals surface area contributed by atoms with Gasteiger partial charge in [-0.05, 0) is 55.9 Å². The third kappa shape index (κ3) is 5.52. The molecule has 0 aliphatic carbocycles. The Kier molecular flexibility index (Phi) is 7.20. The average Bonchev–Trinajstić information content (AvgIpc) is 3.04. The maximum absolute atomic E-state index is 12.8. The number of nitrogens with one attached hydrogen (secondary N) is 1. The van der Waals surface area contributed by atoms with Gasteiger partial charge in [0.15, 0.2) is 0 Å². The summed E-state index contributed by atoms with van der Waals surface area (Å²) in [5.41, 5.74) is 3.40. The molecular weight excluding hydrogens is 384 g/mol. The van der Waals surface area contributed by atoms with Crippen LogP contribution in [0.1, 0.15) is 42.4 Å². The molecule has 2 atom stereocenters. The van der Waals surface area contributed by atoms with Crippen molar-refractivity contribution in [2.24, 2.45) is 0 Å². The maximum atomic E-state index is 12.8. The van der Waals surface area contributed by atoms with Crippen LogP contribution in [0.4, 0.5) is 0 Å². The summed E-state index contributed by atoms with van der Waals surface area (Å²) in [6.45, 7) is 2.62. The highest BCUT2D eigenvalue weighted by molar-refractivity contribution is 5.85. The van der Waals surface area contributed by atoms with Crippen LogP contribution in [0.3, 0.4) is 0 Å². The number of benzene rings is 2. The van der Waals surface area contributed by atoms with Gasteiger partial charge in [-0.25, -0.2) is 0 Å². The molecule has 2 aromatic rings. The van der Waals surface area contributed by atoms with Crippen LogP contribution in [0, 0.1) is 6.92 Å². The van der Waals surface area contributed by atoms with Crippen LogP contribution in [0.5, 0.6) is 5.75 Å². The second-order valence-corrected chi connectivity index (χ2v) is 8.37. The van der Waals surface area contributed by atoms with Crippen molar-refractivity contribution in [3.05, 3.63) is 65.2 Å². The Labute approximate surface area is 180 Å². The maximum Gasteiger partial charge on any atom is 0.226 e. The number of ether oxygens (including phenoxy) is 1. The SMILES string of the molecule is Cc1cccc(COc2cccc(CC(=O)N(C)C3CC4CCC(C3)N4)c2)c1.Cl. The van der Waals surface area contributed by atoms with Crippen LogP contribution < -0.4 is 10.1 Å². The normalized spacial score (nSPS) is 22.6. The van der Waals surface area contributed by atoms with E-state index in [0.29, 0.717) is 31.2 Å². The van der Waals surface area contributed by atoms with Crippen LogP contribution in [0.25, 0.3) is 0 Å². The molecule has 0 aromatic heterocycles. The Balaban J connectivity index is 0.00000240. The molecule has 2 aromatic carbocycles. The van der Waals surface area contributed by atoms with E-state index in [1.54, 1.807) is 0 Å². The molecule has 1 amide bonds. The minimum absolute atomic E-state index is 0. The van der Waals surface area contributed by atoms with E-state index in [4.69, 9.17) is 4.74 Å². The first-order chi connectivity index (χ1) is 13.6. The van der Waals surface area contributed by atoms with Crippen LogP contribution >= 0.6 is 12.4 Å². The Morgan fingerprint density at radius 2 is 1.76 bits per heavy atom. The molecular formula is C24H31ClN2O2. The molecule has 2 aliphatic rings. The number of hydrogen-bond acceptors (Lipinski definition) is 3. The lowest BCUT2D eigenvalue weighted by atomic mass is 9.98. The number of nitrogens with zero attached hydrogens (tertiary/aromatic N) is 1. The van der Waals surface area contributed by atoms with Crippen LogP contribution in [-0.2, 0) is 17.8 Å². The zero-order valence-corrected chi connectivity index (χ0v) is 18.1. The monoisotopic (exact) mass is 414 g/mol. The van der Waals surface area contributed by atoms with E-state index in [0.717, 1.165) is 29.7 Å². The van der Waals surface area contributed by atoms with Gasteiger partial charge in [0.05, 0.1) is 6.42 Å². The zero-order chi connectivity index (χ0) is 19.5. The average molecular weight is 415 g/mol. The summed E-state index contributed by atoms with van der Waals surface area (Å²) < 4.78 is 5.95. The highest BCUT2D eigenvalue weighted by Crippen LogP contribution is 2.29. The Morgan fingerprint density at radius 3 is 2.48 bits per heavy atom. The number of piperidine rings is 1. The van der Waals surface area contributed by atoms with E-state index in [1.807, 2.05) is 42.3 Å². The number of likely N-dealkylation sites (N-methyl/N-ethyl adjacent to an activating group) is 1. The van der Waals surface area contributed by atoms with Gasteiger partial charge in [0, 0.05) is 25.2 Å². The second kappa shape index (κ2) is 9.64. The van der Waals surface area contributed by atoms with Gasteiger partial charge in [-0.15, -0.1) is 12.4 Å². The standard InChI is InChI=1S/C24H30N2O2.ClH/c1-17-5-3-7-19(11-17)16-28-23-8-4-6-18(12-23)13-24(27)26(2)22-14-20-9-10-21(15-22)25-20;/h3-8,11-12,20-22,25H,9-10,13-16H2,1-2H3;1H. The van der Waals surface area contributed by atoms with Crippen LogP contribution in [0.2, 0.25) is 0 Å². The molecule has 2 heterocycles. The number of carbonyl (C=O) groups is 1. The minimum atomic E-state index is 0. The third-order valence-electron chi connectivity index (χ3n) is 6.13. The molecule has 5 heteroatoms. The van der Waals surface area contributed by atoms with Crippen molar-refractivity contribution in [2.45, 2.75) is 63.8 Å². The van der Waals surface area contributed by atoms with E-state index in [-0.39, 0.29) is 18.3 Å². The lowest BCUT2D eigenvalue weighted by Gasteiger charge is -2.35. The molecule has 4 rings (SSSR count). The van der Waals surface area contributed by atoms with Crippen LogP contribution in [-0.4, -0.2) is 36.0 Å². The first-order valence-electron chi connectivity index (χ1n) is 10.4.